The summed E-state index contributed by atoms with van der Waals surface area (Å²) < 4.78 is 6.15. The lowest BCUT2D eigenvalue weighted by Gasteiger charge is -2.32. The first kappa shape index (κ1) is 24.3. The third kappa shape index (κ3) is 5.18. The van der Waals surface area contributed by atoms with E-state index in [1.807, 2.05) is 77.7 Å². The molecule has 38 heavy (non-hydrogen) atoms. The average Bonchev–Trinajstić information content (AvgIpc) is 3.28. The summed E-state index contributed by atoms with van der Waals surface area (Å²) in [7, 11) is 2.07. The van der Waals surface area contributed by atoms with Gasteiger partial charge in [0, 0.05) is 42.2 Å². The molecule has 0 N–H and O–H groups in total. The molecule has 6 rings (SSSR count). The van der Waals surface area contributed by atoms with Crippen LogP contribution in [0.1, 0.15) is 11.1 Å². The molecule has 1 fully saturated rings. The summed E-state index contributed by atoms with van der Waals surface area (Å²) in [6.45, 7) is 3.29. The summed E-state index contributed by atoms with van der Waals surface area (Å²) in [5.41, 5.74) is 4.72. The molecule has 0 bridgehead atoms. The molecular formula is C30H27N5O2S. The monoisotopic (exact) mass is 521 g/mol. The first-order valence-electron chi connectivity index (χ1n) is 12.6. The standard InChI is InChI=1S/C30H27N5O2S/c1-34-15-17-35(18-16-34)30(36)29-23-6-2-3-7-25(23)33-28(20-31-29)37-22-12-10-21(11-13-22)24-14-19-38-27-9-5-4-8-26(27)32-24/h2-14,19H,15-18,20H2,1H3. The second-order valence-corrected chi connectivity index (χ2v) is 10.2. The predicted octanol–water partition coefficient (Wildman–Crippen LogP) is 5.11. The Labute approximate surface area is 226 Å². The minimum absolute atomic E-state index is 0.0525. The number of allylic oxidation sites excluding steroid dienone is 1. The van der Waals surface area contributed by atoms with Gasteiger partial charge >= 0.3 is 0 Å². The highest BCUT2D eigenvalue weighted by Crippen LogP contribution is 2.33. The molecule has 0 spiro atoms. The highest BCUT2D eigenvalue weighted by molar-refractivity contribution is 8.02. The highest BCUT2D eigenvalue weighted by Gasteiger charge is 2.27. The van der Waals surface area contributed by atoms with Crippen LogP contribution in [-0.4, -0.2) is 72.8 Å². The first-order chi connectivity index (χ1) is 18.6. The van der Waals surface area contributed by atoms with Gasteiger partial charge in [0.05, 0.1) is 17.1 Å². The predicted molar refractivity (Wildman–Crippen MR) is 154 cm³/mol. The minimum Gasteiger partial charge on any atom is -0.441 e. The second kappa shape index (κ2) is 10.8. The van der Waals surface area contributed by atoms with Crippen molar-refractivity contribution in [2.24, 2.45) is 15.0 Å². The van der Waals surface area contributed by atoms with Crippen LogP contribution in [0.3, 0.4) is 0 Å². The van der Waals surface area contributed by atoms with Crippen LogP contribution in [-0.2, 0) is 4.79 Å². The molecule has 0 aliphatic carbocycles. The normalized spacial score (nSPS) is 17.3. The Hall–Kier alpha value is -4.01. The van der Waals surface area contributed by atoms with Gasteiger partial charge in [-0.2, -0.15) is 0 Å². The van der Waals surface area contributed by atoms with Crippen molar-refractivity contribution in [1.29, 1.82) is 0 Å². The van der Waals surface area contributed by atoms with E-state index >= 15 is 0 Å². The van der Waals surface area contributed by atoms with Gasteiger partial charge in [-0.25, -0.2) is 9.98 Å². The van der Waals surface area contributed by atoms with Crippen molar-refractivity contribution in [2.45, 2.75) is 4.90 Å². The average molecular weight is 522 g/mol. The van der Waals surface area contributed by atoms with Crippen LogP contribution in [0.4, 0.5) is 11.4 Å². The SMILES string of the molecule is CN1CCN(C(=O)C2=NCC(Oc3ccc(C4=Nc5ccccc5SC=C4)cc3)=Nc3ccccc32)CC1. The second-order valence-electron chi connectivity index (χ2n) is 9.29. The lowest BCUT2D eigenvalue weighted by Crippen LogP contribution is -2.49. The molecule has 0 radical (unpaired) electrons. The molecule has 3 aliphatic rings. The molecule has 7 nitrogen and oxygen atoms in total. The molecule has 0 saturated carbocycles. The van der Waals surface area contributed by atoms with E-state index < -0.39 is 0 Å². The van der Waals surface area contributed by atoms with Crippen molar-refractivity contribution in [3.8, 4) is 5.75 Å². The first-order valence-corrected chi connectivity index (χ1v) is 13.5. The lowest BCUT2D eigenvalue weighted by atomic mass is 10.1. The van der Waals surface area contributed by atoms with E-state index in [1.165, 1.54) is 0 Å². The number of para-hydroxylation sites is 2. The fourth-order valence-corrected chi connectivity index (χ4v) is 5.28. The Morgan fingerprint density at radius 2 is 1.61 bits per heavy atom. The van der Waals surface area contributed by atoms with Crippen molar-refractivity contribution < 1.29 is 9.53 Å². The summed E-state index contributed by atoms with van der Waals surface area (Å²) in [6.07, 6.45) is 2.03. The number of hydrogen-bond donors (Lipinski definition) is 0. The maximum atomic E-state index is 13.4. The number of likely N-dealkylation sites (N-methyl/N-ethyl adjacent to an activating group) is 1. The molecule has 0 aromatic heterocycles. The molecule has 3 heterocycles. The number of amides is 1. The zero-order valence-electron chi connectivity index (χ0n) is 21.1. The molecule has 3 aliphatic heterocycles. The van der Waals surface area contributed by atoms with Gasteiger partial charge in [0.1, 0.15) is 18.0 Å². The van der Waals surface area contributed by atoms with E-state index in [4.69, 9.17) is 14.7 Å². The fourth-order valence-electron chi connectivity index (χ4n) is 4.55. The van der Waals surface area contributed by atoms with Gasteiger partial charge < -0.3 is 14.5 Å². The molecular weight excluding hydrogens is 494 g/mol. The Kier molecular flexibility index (Phi) is 6.90. The number of ether oxygens (including phenoxy) is 1. The van der Waals surface area contributed by atoms with E-state index in [0.717, 1.165) is 40.5 Å². The summed E-state index contributed by atoms with van der Waals surface area (Å²) in [5, 5.41) is 2.06. The topological polar surface area (TPSA) is 69.9 Å². The van der Waals surface area contributed by atoms with Crippen LogP contribution in [0.2, 0.25) is 0 Å². The molecule has 3 aromatic rings. The van der Waals surface area contributed by atoms with E-state index in [-0.39, 0.29) is 12.5 Å². The number of thioether (sulfide) groups is 1. The van der Waals surface area contributed by atoms with E-state index in [1.54, 1.807) is 11.8 Å². The molecule has 0 atom stereocenters. The Morgan fingerprint density at radius 3 is 2.42 bits per heavy atom. The summed E-state index contributed by atoms with van der Waals surface area (Å²) >= 11 is 1.66. The van der Waals surface area contributed by atoms with E-state index in [0.29, 0.717) is 36.1 Å². The maximum Gasteiger partial charge on any atom is 0.272 e. The van der Waals surface area contributed by atoms with Crippen LogP contribution < -0.4 is 4.74 Å². The van der Waals surface area contributed by atoms with Gasteiger partial charge in [-0.05, 0) is 61.0 Å². The minimum atomic E-state index is -0.0525. The van der Waals surface area contributed by atoms with Crippen LogP contribution in [0.15, 0.2) is 104 Å². The van der Waals surface area contributed by atoms with Crippen molar-refractivity contribution in [3.63, 3.8) is 0 Å². The van der Waals surface area contributed by atoms with Crippen LogP contribution >= 0.6 is 11.8 Å². The number of hydrogen-bond acceptors (Lipinski definition) is 7. The zero-order chi connectivity index (χ0) is 25.9. The van der Waals surface area contributed by atoms with Crippen LogP contribution in [0.25, 0.3) is 0 Å². The molecule has 8 heteroatoms. The third-order valence-corrected chi connectivity index (χ3v) is 7.55. The van der Waals surface area contributed by atoms with Gasteiger partial charge in [-0.1, -0.05) is 42.1 Å². The van der Waals surface area contributed by atoms with Gasteiger partial charge in [0.25, 0.3) is 5.91 Å². The van der Waals surface area contributed by atoms with Crippen molar-refractivity contribution in [2.75, 3.05) is 39.8 Å². The summed E-state index contributed by atoms with van der Waals surface area (Å²) in [5.74, 6) is 1.05. The van der Waals surface area contributed by atoms with Gasteiger partial charge in [0.15, 0.2) is 0 Å². The Bertz CT molecular complexity index is 1480. The zero-order valence-corrected chi connectivity index (χ0v) is 21.9. The number of benzene rings is 3. The van der Waals surface area contributed by atoms with Gasteiger partial charge in [0.2, 0.25) is 5.90 Å². The largest absolute Gasteiger partial charge is 0.441 e. The molecule has 3 aromatic carbocycles. The number of nitrogens with zero attached hydrogens (tertiary/aromatic N) is 5. The van der Waals surface area contributed by atoms with Crippen LogP contribution in [0.5, 0.6) is 5.75 Å². The van der Waals surface area contributed by atoms with E-state index in [2.05, 4.69) is 28.4 Å². The van der Waals surface area contributed by atoms with Crippen LogP contribution in [0, 0.1) is 0 Å². The molecule has 1 saturated heterocycles. The molecule has 0 unspecified atom stereocenters. The third-order valence-electron chi connectivity index (χ3n) is 6.68. The number of piperazine rings is 1. The van der Waals surface area contributed by atoms with Crippen molar-refractivity contribution in [3.05, 3.63) is 95.4 Å². The van der Waals surface area contributed by atoms with Crippen molar-refractivity contribution >= 4 is 46.4 Å². The Morgan fingerprint density at radius 1 is 0.868 bits per heavy atom. The number of carbonyl (C=O) groups excluding carboxylic acids is 1. The van der Waals surface area contributed by atoms with Gasteiger partial charge in [-0.15, -0.1) is 0 Å². The Balaban J connectivity index is 1.22. The molecule has 1 amide bonds. The molecule has 190 valence electrons. The quantitative estimate of drug-likeness (QED) is 0.480. The number of aliphatic imine (C=N–C) groups is 3. The summed E-state index contributed by atoms with van der Waals surface area (Å²) in [6, 6.07) is 23.6. The van der Waals surface area contributed by atoms with Gasteiger partial charge in [-0.3, -0.25) is 9.79 Å². The number of fused-ring (bicyclic) bond motifs is 2. The number of rotatable bonds is 3. The lowest BCUT2D eigenvalue weighted by molar-refractivity contribution is -0.125. The fraction of sp³-hybridized carbons (Fsp3) is 0.200. The highest BCUT2D eigenvalue weighted by atomic mass is 32.2. The number of carbonyl (C=O) groups is 1. The van der Waals surface area contributed by atoms with Crippen molar-refractivity contribution in [1.82, 2.24) is 9.80 Å². The summed E-state index contributed by atoms with van der Waals surface area (Å²) in [4.78, 5) is 32.9. The smallest absolute Gasteiger partial charge is 0.272 e. The maximum absolute atomic E-state index is 13.4. The van der Waals surface area contributed by atoms with E-state index in [9.17, 15) is 4.79 Å².